The van der Waals surface area contributed by atoms with Gasteiger partial charge in [0.15, 0.2) is 0 Å². The van der Waals surface area contributed by atoms with Crippen LogP contribution in [0.15, 0.2) is 66.9 Å². The molecule has 1 heterocycles. The van der Waals surface area contributed by atoms with Crippen molar-refractivity contribution in [3.8, 4) is 17.4 Å². The number of ether oxygens (including phenoxy) is 2. The van der Waals surface area contributed by atoms with Crippen molar-refractivity contribution >= 4 is 5.91 Å². The molecule has 0 unspecified atom stereocenters. The van der Waals surface area contributed by atoms with Crippen molar-refractivity contribution in [1.29, 1.82) is 0 Å². The molecule has 0 bridgehead atoms. The molecule has 144 valence electrons. The number of amides is 1. The molecule has 1 aromatic heterocycles. The van der Waals surface area contributed by atoms with Gasteiger partial charge in [-0.15, -0.1) is 0 Å². The Labute approximate surface area is 164 Å². The third-order valence-electron chi connectivity index (χ3n) is 4.25. The van der Waals surface area contributed by atoms with Gasteiger partial charge in [-0.3, -0.25) is 4.79 Å². The minimum atomic E-state index is -0.510. The van der Waals surface area contributed by atoms with Crippen molar-refractivity contribution in [2.45, 2.75) is 13.0 Å². The molecule has 28 heavy (non-hydrogen) atoms. The molecule has 0 radical (unpaired) electrons. The Morgan fingerprint density at radius 3 is 2.25 bits per heavy atom. The van der Waals surface area contributed by atoms with E-state index in [4.69, 9.17) is 15.2 Å². The summed E-state index contributed by atoms with van der Waals surface area (Å²) in [5, 5.41) is 3.44. The van der Waals surface area contributed by atoms with E-state index in [-0.39, 0.29) is 0 Å². The molecule has 0 aliphatic carbocycles. The van der Waals surface area contributed by atoms with Crippen LogP contribution in [0, 0.1) is 0 Å². The van der Waals surface area contributed by atoms with E-state index in [0.29, 0.717) is 17.2 Å². The zero-order chi connectivity index (χ0) is 19.8. The first-order chi connectivity index (χ1) is 13.6. The molecule has 6 nitrogen and oxygen atoms in total. The van der Waals surface area contributed by atoms with Gasteiger partial charge in [0.05, 0.1) is 12.7 Å². The maximum Gasteiger partial charge on any atom is 0.250 e. The van der Waals surface area contributed by atoms with Gasteiger partial charge in [-0.25, -0.2) is 4.98 Å². The van der Waals surface area contributed by atoms with E-state index < -0.39 is 5.91 Å². The van der Waals surface area contributed by atoms with Gasteiger partial charge in [-0.1, -0.05) is 24.3 Å². The lowest BCUT2D eigenvalue weighted by atomic mass is 10.1. The molecule has 6 heteroatoms. The summed E-state index contributed by atoms with van der Waals surface area (Å²) < 4.78 is 10.8. The maximum absolute atomic E-state index is 11.1. The van der Waals surface area contributed by atoms with E-state index in [1.165, 1.54) is 17.3 Å². The van der Waals surface area contributed by atoms with Crippen LogP contribution < -0.4 is 20.5 Å². The van der Waals surface area contributed by atoms with Crippen LogP contribution in [0.1, 0.15) is 21.5 Å². The van der Waals surface area contributed by atoms with E-state index in [1.54, 1.807) is 19.2 Å². The van der Waals surface area contributed by atoms with E-state index in [1.807, 2.05) is 36.4 Å². The third-order valence-corrected chi connectivity index (χ3v) is 4.25. The molecule has 0 saturated carbocycles. The Morgan fingerprint density at radius 1 is 0.964 bits per heavy atom. The lowest BCUT2D eigenvalue weighted by molar-refractivity contribution is 0.1000. The number of nitrogens with two attached hydrogens (primary N) is 1. The highest BCUT2D eigenvalue weighted by atomic mass is 16.5. The van der Waals surface area contributed by atoms with Gasteiger partial charge in [-0.2, -0.15) is 0 Å². The van der Waals surface area contributed by atoms with Crippen LogP contribution in [-0.2, 0) is 13.0 Å². The number of carbonyl (C=O) groups is 1. The molecule has 3 rings (SSSR count). The van der Waals surface area contributed by atoms with Crippen molar-refractivity contribution in [2.75, 3.05) is 13.7 Å². The van der Waals surface area contributed by atoms with E-state index in [9.17, 15) is 4.79 Å². The number of pyridine rings is 1. The second-order valence-corrected chi connectivity index (χ2v) is 6.27. The van der Waals surface area contributed by atoms with Gasteiger partial charge in [-0.05, 0) is 54.4 Å². The quantitative estimate of drug-likeness (QED) is 0.559. The number of benzene rings is 2. The van der Waals surface area contributed by atoms with Crippen molar-refractivity contribution in [2.24, 2.45) is 5.73 Å². The van der Waals surface area contributed by atoms with E-state index >= 15 is 0 Å². The molecule has 3 N–H and O–H groups in total. The number of rotatable bonds is 9. The molecular weight excluding hydrogens is 354 g/mol. The number of nitrogens with one attached hydrogen (secondary N) is 1. The Kier molecular flexibility index (Phi) is 6.59. The van der Waals surface area contributed by atoms with Crippen LogP contribution in [0.3, 0.4) is 0 Å². The van der Waals surface area contributed by atoms with Gasteiger partial charge in [0.2, 0.25) is 11.8 Å². The molecule has 3 aromatic rings. The van der Waals surface area contributed by atoms with Crippen LogP contribution in [0.2, 0.25) is 0 Å². The topological polar surface area (TPSA) is 86.5 Å². The summed E-state index contributed by atoms with van der Waals surface area (Å²) in [4.78, 5) is 15.1. The highest BCUT2D eigenvalue weighted by molar-refractivity contribution is 5.92. The summed E-state index contributed by atoms with van der Waals surface area (Å²) in [6.45, 7) is 1.69. The normalized spacial score (nSPS) is 10.5. The summed E-state index contributed by atoms with van der Waals surface area (Å²) in [5.74, 6) is 1.46. The Bertz CT molecular complexity index is 892. The van der Waals surface area contributed by atoms with Crippen molar-refractivity contribution in [3.63, 3.8) is 0 Å². The van der Waals surface area contributed by atoms with E-state index in [0.717, 1.165) is 25.3 Å². The zero-order valence-electron chi connectivity index (χ0n) is 15.7. The van der Waals surface area contributed by atoms with Crippen molar-refractivity contribution in [3.05, 3.63) is 83.6 Å². The first kappa shape index (κ1) is 19.4. The maximum atomic E-state index is 11.1. The Hall–Kier alpha value is -3.38. The molecule has 0 fully saturated rings. The van der Waals surface area contributed by atoms with Gasteiger partial charge < -0.3 is 20.5 Å². The van der Waals surface area contributed by atoms with Gasteiger partial charge in [0.25, 0.3) is 0 Å². The second-order valence-electron chi connectivity index (χ2n) is 6.27. The summed E-state index contributed by atoms with van der Waals surface area (Å²) in [5.41, 5.74) is 7.99. The molecule has 0 saturated heterocycles. The fourth-order valence-corrected chi connectivity index (χ4v) is 2.64. The summed E-state index contributed by atoms with van der Waals surface area (Å²) in [6, 6.07) is 19.1. The highest BCUT2D eigenvalue weighted by Crippen LogP contribution is 2.20. The minimum Gasteiger partial charge on any atom is -0.497 e. The second kappa shape index (κ2) is 9.53. The number of aromatic nitrogens is 1. The predicted molar refractivity (Wildman–Crippen MR) is 108 cm³/mol. The Balaban J connectivity index is 1.44. The van der Waals surface area contributed by atoms with Crippen LogP contribution >= 0.6 is 0 Å². The van der Waals surface area contributed by atoms with Crippen LogP contribution in [0.5, 0.6) is 17.4 Å². The highest BCUT2D eigenvalue weighted by Gasteiger charge is 2.03. The van der Waals surface area contributed by atoms with Crippen LogP contribution in [-0.4, -0.2) is 24.5 Å². The molecule has 0 spiro atoms. The van der Waals surface area contributed by atoms with Crippen LogP contribution in [0.25, 0.3) is 0 Å². The molecule has 0 atom stereocenters. The predicted octanol–water partition coefficient (Wildman–Crippen LogP) is 3.31. The molecule has 0 aliphatic heterocycles. The third kappa shape index (κ3) is 5.56. The standard InChI is InChI=1S/C22H23N3O3/c1-27-19-7-4-17(5-8-19)14-24-13-12-16-2-9-20(10-3-16)28-21-11-6-18(15-25-21)22(23)26/h2-11,15,24H,12-14H2,1H3,(H2,23,26). The average Bonchev–Trinajstić information content (AvgIpc) is 2.73. The number of hydrogen-bond acceptors (Lipinski definition) is 5. The smallest absolute Gasteiger partial charge is 0.250 e. The first-order valence-electron chi connectivity index (χ1n) is 9.00. The van der Waals surface area contributed by atoms with Gasteiger partial charge in [0.1, 0.15) is 11.5 Å². The van der Waals surface area contributed by atoms with Crippen molar-refractivity contribution < 1.29 is 14.3 Å². The summed E-state index contributed by atoms with van der Waals surface area (Å²) in [7, 11) is 1.67. The lowest BCUT2D eigenvalue weighted by Crippen LogP contribution is -2.16. The summed E-state index contributed by atoms with van der Waals surface area (Å²) >= 11 is 0. The monoisotopic (exact) mass is 377 g/mol. The molecular formula is C22H23N3O3. The molecule has 1 amide bonds. The van der Waals surface area contributed by atoms with Crippen LogP contribution in [0.4, 0.5) is 0 Å². The fourth-order valence-electron chi connectivity index (χ4n) is 2.64. The van der Waals surface area contributed by atoms with Gasteiger partial charge in [0, 0.05) is 18.8 Å². The number of carbonyl (C=O) groups excluding carboxylic acids is 1. The molecule has 0 aliphatic rings. The first-order valence-corrected chi connectivity index (χ1v) is 9.00. The number of primary amides is 1. The zero-order valence-corrected chi connectivity index (χ0v) is 15.7. The van der Waals surface area contributed by atoms with Crippen molar-refractivity contribution in [1.82, 2.24) is 10.3 Å². The number of methoxy groups -OCH3 is 1. The molecule has 2 aromatic carbocycles. The average molecular weight is 377 g/mol. The number of nitrogens with zero attached hydrogens (tertiary/aromatic N) is 1. The van der Waals surface area contributed by atoms with E-state index in [2.05, 4.69) is 22.4 Å². The number of hydrogen-bond donors (Lipinski definition) is 2. The fraction of sp³-hybridized carbons (Fsp3) is 0.182. The lowest BCUT2D eigenvalue weighted by Gasteiger charge is -2.08. The van der Waals surface area contributed by atoms with Gasteiger partial charge >= 0.3 is 0 Å². The SMILES string of the molecule is COc1ccc(CNCCc2ccc(Oc3ccc(C(N)=O)cn3)cc2)cc1. The Morgan fingerprint density at radius 2 is 1.64 bits per heavy atom. The largest absolute Gasteiger partial charge is 0.497 e. The summed E-state index contributed by atoms with van der Waals surface area (Å²) in [6.07, 6.45) is 2.32. The minimum absolute atomic E-state index is 0.352.